The van der Waals surface area contributed by atoms with E-state index >= 15 is 0 Å². The van der Waals surface area contributed by atoms with Gasteiger partial charge in [-0.15, -0.1) is 0 Å². The first-order chi connectivity index (χ1) is 7.63. The Morgan fingerprint density at radius 2 is 2.19 bits per heavy atom. The lowest BCUT2D eigenvalue weighted by molar-refractivity contribution is -0.117. The van der Waals surface area contributed by atoms with Crippen LogP contribution in [-0.2, 0) is 4.79 Å². The monoisotopic (exact) mass is 261 g/mol. The highest BCUT2D eigenvalue weighted by Gasteiger charge is 2.33. The molecule has 0 radical (unpaired) electrons. The van der Waals surface area contributed by atoms with Gasteiger partial charge in [0.25, 0.3) is 0 Å². The molecule has 1 saturated heterocycles. The third-order valence-electron chi connectivity index (χ3n) is 2.67. The molecule has 2 nitrogen and oxygen atoms in total. The van der Waals surface area contributed by atoms with Crippen LogP contribution in [0.1, 0.15) is 12.8 Å². The molecule has 1 amide bonds. The number of hydrogen-bond acceptors (Lipinski definition) is 1. The van der Waals surface area contributed by atoms with Crippen LogP contribution in [0.25, 0.3) is 0 Å². The number of rotatable bonds is 2. The molecule has 5 heteroatoms. The van der Waals surface area contributed by atoms with Crippen molar-refractivity contribution in [3.8, 4) is 0 Å². The Hall–Kier alpha value is -0.800. The first kappa shape index (κ1) is 11.7. The van der Waals surface area contributed by atoms with Gasteiger partial charge in [0.2, 0.25) is 5.91 Å². The van der Waals surface area contributed by atoms with E-state index in [1.165, 1.54) is 4.90 Å². The van der Waals surface area contributed by atoms with Crippen molar-refractivity contribution in [2.75, 3.05) is 11.6 Å². The van der Waals surface area contributed by atoms with Gasteiger partial charge < -0.3 is 4.90 Å². The van der Waals surface area contributed by atoms with Crippen molar-refractivity contribution >= 4 is 34.8 Å². The molecule has 1 atom stereocenters. The second-order valence-corrected chi connectivity index (χ2v) is 4.55. The Bertz CT molecular complexity index is 424. The van der Waals surface area contributed by atoms with E-state index in [4.69, 9.17) is 23.2 Å². The van der Waals surface area contributed by atoms with Crippen molar-refractivity contribution in [3.63, 3.8) is 0 Å². The number of benzene rings is 1. The Kier molecular flexibility index (Phi) is 3.36. The standard InChI is InChI=1S/C11H10Cl2FNO/c12-7-1-3-10(9(13)5-7)15-8(6-14)2-4-11(15)16/h1,3,5,8H,2,4,6H2/t8-/m1/s1. The summed E-state index contributed by atoms with van der Waals surface area (Å²) in [5, 5.41) is 0.874. The molecule has 1 aromatic rings. The molecule has 0 unspecified atom stereocenters. The van der Waals surface area contributed by atoms with Crippen LogP contribution >= 0.6 is 23.2 Å². The Morgan fingerprint density at radius 1 is 1.44 bits per heavy atom. The third-order valence-corrected chi connectivity index (χ3v) is 3.21. The fourth-order valence-corrected chi connectivity index (χ4v) is 2.40. The zero-order valence-electron chi connectivity index (χ0n) is 8.42. The van der Waals surface area contributed by atoms with E-state index in [9.17, 15) is 9.18 Å². The summed E-state index contributed by atoms with van der Waals surface area (Å²) in [7, 11) is 0. The summed E-state index contributed by atoms with van der Waals surface area (Å²) in [6.07, 6.45) is 0.905. The van der Waals surface area contributed by atoms with Crippen LogP contribution in [0.5, 0.6) is 0 Å². The third kappa shape index (κ3) is 2.02. The number of anilines is 1. The molecule has 0 bridgehead atoms. The maximum Gasteiger partial charge on any atom is 0.227 e. The minimum atomic E-state index is -0.551. The average molecular weight is 262 g/mol. The molecular weight excluding hydrogens is 252 g/mol. The Morgan fingerprint density at radius 3 is 2.81 bits per heavy atom. The van der Waals surface area contributed by atoms with Gasteiger partial charge in [0, 0.05) is 11.4 Å². The van der Waals surface area contributed by atoms with Crippen molar-refractivity contribution in [1.82, 2.24) is 0 Å². The van der Waals surface area contributed by atoms with Gasteiger partial charge >= 0.3 is 0 Å². The van der Waals surface area contributed by atoms with Crippen molar-refractivity contribution < 1.29 is 9.18 Å². The van der Waals surface area contributed by atoms with Crippen LogP contribution in [0, 0.1) is 0 Å². The van der Waals surface area contributed by atoms with Gasteiger partial charge in [-0.25, -0.2) is 4.39 Å². The fraction of sp³-hybridized carbons (Fsp3) is 0.364. The number of amides is 1. The molecule has 1 aromatic carbocycles. The van der Waals surface area contributed by atoms with Crippen molar-refractivity contribution in [1.29, 1.82) is 0 Å². The van der Waals surface area contributed by atoms with Gasteiger partial charge in [-0.1, -0.05) is 23.2 Å². The summed E-state index contributed by atoms with van der Waals surface area (Å²) < 4.78 is 12.8. The van der Waals surface area contributed by atoms with E-state index in [2.05, 4.69) is 0 Å². The van der Waals surface area contributed by atoms with Crippen LogP contribution in [-0.4, -0.2) is 18.6 Å². The van der Waals surface area contributed by atoms with E-state index in [0.717, 1.165) is 0 Å². The fourth-order valence-electron chi connectivity index (χ4n) is 1.90. The highest BCUT2D eigenvalue weighted by molar-refractivity contribution is 6.36. The van der Waals surface area contributed by atoms with E-state index in [-0.39, 0.29) is 5.91 Å². The molecule has 86 valence electrons. The molecule has 0 spiro atoms. The van der Waals surface area contributed by atoms with E-state index < -0.39 is 12.7 Å². The topological polar surface area (TPSA) is 20.3 Å². The highest BCUT2D eigenvalue weighted by atomic mass is 35.5. The molecule has 0 aromatic heterocycles. The molecule has 2 rings (SSSR count). The highest BCUT2D eigenvalue weighted by Crippen LogP contribution is 2.34. The predicted molar refractivity (Wildman–Crippen MR) is 62.9 cm³/mol. The quantitative estimate of drug-likeness (QED) is 0.799. The van der Waals surface area contributed by atoms with Gasteiger partial charge in [0.05, 0.1) is 16.8 Å². The zero-order valence-corrected chi connectivity index (χ0v) is 9.93. The van der Waals surface area contributed by atoms with Gasteiger partial charge in [-0.05, 0) is 24.6 Å². The van der Waals surface area contributed by atoms with Crippen molar-refractivity contribution in [2.24, 2.45) is 0 Å². The second kappa shape index (κ2) is 4.60. The largest absolute Gasteiger partial charge is 0.305 e. The summed E-state index contributed by atoms with van der Waals surface area (Å²) in [6.45, 7) is -0.551. The molecule has 0 N–H and O–H groups in total. The number of halogens is 3. The number of carbonyl (C=O) groups excluding carboxylic acids is 1. The van der Waals surface area contributed by atoms with Gasteiger partial charge in [-0.2, -0.15) is 0 Å². The lowest BCUT2D eigenvalue weighted by atomic mass is 10.2. The summed E-state index contributed by atoms with van der Waals surface area (Å²) in [6, 6.07) is 4.45. The van der Waals surface area contributed by atoms with E-state index in [0.29, 0.717) is 28.6 Å². The lowest BCUT2D eigenvalue weighted by Gasteiger charge is -2.23. The van der Waals surface area contributed by atoms with Gasteiger partial charge in [0.1, 0.15) is 6.67 Å². The molecule has 0 aliphatic carbocycles. The molecule has 1 fully saturated rings. The number of alkyl halides is 1. The van der Waals surface area contributed by atoms with Crippen LogP contribution < -0.4 is 4.90 Å². The van der Waals surface area contributed by atoms with Crippen LogP contribution in [0.15, 0.2) is 18.2 Å². The molecule has 0 saturated carbocycles. The van der Waals surface area contributed by atoms with Gasteiger partial charge in [-0.3, -0.25) is 4.79 Å². The predicted octanol–water partition coefficient (Wildman–Crippen LogP) is 3.46. The number of carbonyl (C=O) groups is 1. The minimum Gasteiger partial charge on any atom is -0.305 e. The van der Waals surface area contributed by atoms with E-state index in [1.54, 1.807) is 18.2 Å². The summed E-state index contributed by atoms with van der Waals surface area (Å²) in [4.78, 5) is 13.1. The van der Waals surface area contributed by atoms with Crippen LogP contribution in [0.4, 0.5) is 10.1 Å². The minimum absolute atomic E-state index is 0.0909. The van der Waals surface area contributed by atoms with E-state index in [1.807, 2.05) is 0 Å². The van der Waals surface area contributed by atoms with Crippen molar-refractivity contribution in [3.05, 3.63) is 28.2 Å². The lowest BCUT2D eigenvalue weighted by Crippen LogP contribution is -2.34. The first-order valence-electron chi connectivity index (χ1n) is 4.96. The zero-order chi connectivity index (χ0) is 11.7. The number of nitrogens with zero attached hydrogens (tertiary/aromatic N) is 1. The molecule has 16 heavy (non-hydrogen) atoms. The Balaban J connectivity index is 2.38. The Labute approximate surface area is 103 Å². The summed E-state index contributed by atoms with van der Waals surface area (Å²) in [5.74, 6) is -0.0909. The van der Waals surface area contributed by atoms with Crippen molar-refractivity contribution in [2.45, 2.75) is 18.9 Å². The SMILES string of the molecule is O=C1CC[C@H](CF)N1c1ccc(Cl)cc1Cl. The maximum atomic E-state index is 12.8. The van der Waals surface area contributed by atoms with Crippen LogP contribution in [0.3, 0.4) is 0 Å². The van der Waals surface area contributed by atoms with Crippen LogP contribution in [0.2, 0.25) is 10.0 Å². The second-order valence-electron chi connectivity index (χ2n) is 3.71. The van der Waals surface area contributed by atoms with Gasteiger partial charge in [0.15, 0.2) is 0 Å². The number of hydrogen-bond donors (Lipinski definition) is 0. The molecular formula is C11H10Cl2FNO. The first-order valence-corrected chi connectivity index (χ1v) is 5.72. The summed E-state index contributed by atoms with van der Waals surface area (Å²) >= 11 is 11.8. The average Bonchev–Trinajstić information content (AvgIpc) is 2.60. The molecule has 1 aliphatic heterocycles. The molecule has 1 aliphatic rings. The molecule has 1 heterocycles. The summed E-state index contributed by atoms with van der Waals surface area (Å²) in [5.41, 5.74) is 0.538. The normalized spacial score (nSPS) is 20.6. The maximum absolute atomic E-state index is 12.8. The smallest absolute Gasteiger partial charge is 0.227 e.